The van der Waals surface area contributed by atoms with E-state index < -0.39 is 12.0 Å². The first kappa shape index (κ1) is 16.3. The number of likely N-dealkylation sites (N-methyl/N-ethyl adjacent to an activating group) is 1. The molecule has 0 aliphatic carbocycles. The first-order chi connectivity index (χ1) is 9.35. The second-order valence-corrected chi connectivity index (χ2v) is 5.22. The van der Waals surface area contributed by atoms with Crippen molar-refractivity contribution in [2.24, 2.45) is 5.92 Å². The largest absolute Gasteiger partial charge is 0.481 e. The van der Waals surface area contributed by atoms with Gasteiger partial charge in [-0.25, -0.2) is 4.79 Å². The molecule has 20 heavy (non-hydrogen) atoms. The van der Waals surface area contributed by atoms with Gasteiger partial charge in [0, 0.05) is 33.1 Å². The highest BCUT2D eigenvalue weighted by molar-refractivity contribution is 5.86. The summed E-state index contributed by atoms with van der Waals surface area (Å²) in [6.07, 6.45) is 0.772. The van der Waals surface area contributed by atoms with Gasteiger partial charge in [0.05, 0.1) is 0 Å². The number of rotatable bonds is 5. The average Bonchev–Trinajstić information content (AvgIpc) is 2.84. The normalized spacial score (nSPS) is 19.6. The second kappa shape index (κ2) is 7.12. The van der Waals surface area contributed by atoms with Crippen LogP contribution >= 0.6 is 0 Å². The fraction of sp³-hybridized carbons (Fsp3) is 0.769. The Balaban J connectivity index is 2.44. The molecule has 0 aromatic carbocycles. The number of urea groups is 1. The molecule has 0 aromatic heterocycles. The number of aliphatic carboxylic acids is 1. The molecule has 7 nitrogen and oxygen atoms in total. The molecule has 1 heterocycles. The molecular formula is C13H23N3O4. The van der Waals surface area contributed by atoms with Crippen molar-refractivity contribution in [3.05, 3.63) is 0 Å². The first-order valence-corrected chi connectivity index (χ1v) is 6.87. The van der Waals surface area contributed by atoms with E-state index in [4.69, 9.17) is 5.11 Å². The number of hydrogen-bond acceptors (Lipinski definition) is 3. The Morgan fingerprint density at radius 3 is 2.65 bits per heavy atom. The summed E-state index contributed by atoms with van der Waals surface area (Å²) in [5.41, 5.74) is 0. The molecule has 114 valence electrons. The van der Waals surface area contributed by atoms with Crippen LogP contribution in [-0.4, -0.2) is 65.5 Å². The summed E-state index contributed by atoms with van der Waals surface area (Å²) in [5.74, 6) is -0.977. The van der Waals surface area contributed by atoms with Crippen LogP contribution < -0.4 is 5.32 Å². The Morgan fingerprint density at radius 1 is 1.45 bits per heavy atom. The number of hydrogen-bond donors (Lipinski definition) is 2. The van der Waals surface area contributed by atoms with E-state index in [2.05, 4.69) is 5.32 Å². The minimum Gasteiger partial charge on any atom is -0.481 e. The Kier molecular flexibility index (Phi) is 5.79. The van der Waals surface area contributed by atoms with Crippen LogP contribution in [0, 0.1) is 5.92 Å². The summed E-state index contributed by atoms with van der Waals surface area (Å²) >= 11 is 0. The molecule has 3 amide bonds. The van der Waals surface area contributed by atoms with Crippen LogP contribution in [0.1, 0.15) is 26.7 Å². The van der Waals surface area contributed by atoms with Gasteiger partial charge in [-0.15, -0.1) is 0 Å². The molecule has 1 fully saturated rings. The number of carbonyl (C=O) groups is 3. The van der Waals surface area contributed by atoms with Gasteiger partial charge in [-0.05, 0) is 26.2 Å². The standard InChI is InChI=1S/C13H23N3O4/c1-4-15(3)12(19)9(2)14-13(20)16-6-5-10(8-16)7-11(17)18/h9-10H,4-8H2,1-3H3,(H,14,20)(H,17,18). The number of likely N-dealkylation sites (tertiary alicyclic amines) is 1. The van der Waals surface area contributed by atoms with E-state index in [0.717, 1.165) is 0 Å². The van der Waals surface area contributed by atoms with Crippen molar-refractivity contribution < 1.29 is 19.5 Å². The van der Waals surface area contributed by atoms with E-state index in [0.29, 0.717) is 26.1 Å². The Bertz CT molecular complexity index is 386. The first-order valence-electron chi connectivity index (χ1n) is 6.87. The van der Waals surface area contributed by atoms with Crippen LogP contribution in [0.25, 0.3) is 0 Å². The third-order valence-corrected chi connectivity index (χ3v) is 3.60. The quantitative estimate of drug-likeness (QED) is 0.763. The lowest BCUT2D eigenvalue weighted by Crippen LogP contribution is -2.49. The number of nitrogens with one attached hydrogen (secondary N) is 1. The Labute approximate surface area is 118 Å². The predicted molar refractivity (Wildman–Crippen MR) is 73.2 cm³/mol. The van der Waals surface area contributed by atoms with Gasteiger partial charge in [0.25, 0.3) is 0 Å². The minimum absolute atomic E-state index is 0.00238. The van der Waals surface area contributed by atoms with Gasteiger partial charge in [0.2, 0.25) is 5.91 Å². The van der Waals surface area contributed by atoms with Gasteiger partial charge in [0.15, 0.2) is 0 Å². The lowest BCUT2D eigenvalue weighted by atomic mass is 10.1. The molecule has 0 aromatic rings. The molecular weight excluding hydrogens is 262 g/mol. The average molecular weight is 285 g/mol. The number of carboxylic acids is 1. The van der Waals surface area contributed by atoms with Crippen molar-refractivity contribution in [3.8, 4) is 0 Å². The molecule has 7 heteroatoms. The third kappa shape index (κ3) is 4.40. The van der Waals surface area contributed by atoms with Crippen molar-refractivity contribution in [2.45, 2.75) is 32.7 Å². The van der Waals surface area contributed by atoms with Crippen molar-refractivity contribution in [3.63, 3.8) is 0 Å². The molecule has 2 unspecified atom stereocenters. The van der Waals surface area contributed by atoms with E-state index in [1.807, 2.05) is 6.92 Å². The smallest absolute Gasteiger partial charge is 0.318 e. The van der Waals surface area contributed by atoms with Crippen LogP contribution in [0.4, 0.5) is 4.79 Å². The zero-order valence-corrected chi connectivity index (χ0v) is 12.3. The SMILES string of the molecule is CCN(C)C(=O)C(C)NC(=O)N1CCC(CC(=O)O)C1. The van der Waals surface area contributed by atoms with E-state index >= 15 is 0 Å². The van der Waals surface area contributed by atoms with E-state index in [1.165, 1.54) is 0 Å². The number of amides is 3. The molecule has 2 N–H and O–H groups in total. The summed E-state index contributed by atoms with van der Waals surface area (Å²) < 4.78 is 0. The zero-order chi connectivity index (χ0) is 15.3. The van der Waals surface area contributed by atoms with Crippen LogP contribution in [0.5, 0.6) is 0 Å². The molecule has 1 rings (SSSR count). The fourth-order valence-corrected chi connectivity index (χ4v) is 2.26. The maximum Gasteiger partial charge on any atom is 0.318 e. The van der Waals surface area contributed by atoms with Crippen molar-refractivity contribution >= 4 is 17.9 Å². The van der Waals surface area contributed by atoms with Gasteiger partial charge < -0.3 is 20.2 Å². The van der Waals surface area contributed by atoms with E-state index in [1.54, 1.807) is 23.8 Å². The highest BCUT2D eigenvalue weighted by Gasteiger charge is 2.29. The third-order valence-electron chi connectivity index (χ3n) is 3.60. The summed E-state index contributed by atoms with van der Waals surface area (Å²) in [6.45, 7) is 5.07. The Hall–Kier alpha value is -1.79. The van der Waals surface area contributed by atoms with Crippen molar-refractivity contribution in [2.75, 3.05) is 26.7 Å². The molecule has 0 bridgehead atoms. The minimum atomic E-state index is -0.842. The second-order valence-electron chi connectivity index (χ2n) is 5.22. The summed E-state index contributed by atoms with van der Waals surface area (Å²) in [6, 6.07) is -0.880. The summed E-state index contributed by atoms with van der Waals surface area (Å²) in [5, 5.41) is 11.4. The highest BCUT2D eigenvalue weighted by Crippen LogP contribution is 2.19. The molecule has 0 radical (unpaired) electrons. The Morgan fingerprint density at radius 2 is 2.10 bits per heavy atom. The van der Waals surface area contributed by atoms with Crippen LogP contribution in [0.15, 0.2) is 0 Å². The van der Waals surface area contributed by atoms with Crippen LogP contribution in [0.2, 0.25) is 0 Å². The summed E-state index contributed by atoms with van der Waals surface area (Å²) in [7, 11) is 1.68. The fourth-order valence-electron chi connectivity index (χ4n) is 2.26. The van der Waals surface area contributed by atoms with Crippen molar-refractivity contribution in [1.29, 1.82) is 0 Å². The molecule has 1 aliphatic heterocycles. The van der Waals surface area contributed by atoms with E-state index in [-0.39, 0.29) is 24.3 Å². The van der Waals surface area contributed by atoms with Gasteiger partial charge in [-0.2, -0.15) is 0 Å². The lowest BCUT2D eigenvalue weighted by molar-refractivity contribution is -0.138. The molecule has 0 spiro atoms. The van der Waals surface area contributed by atoms with Gasteiger partial charge in [-0.1, -0.05) is 0 Å². The highest BCUT2D eigenvalue weighted by atomic mass is 16.4. The maximum atomic E-state index is 12.0. The van der Waals surface area contributed by atoms with Crippen LogP contribution in [-0.2, 0) is 9.59 Å². The van der Waals surface area contributed by atoms with Gasteiger partial charge in [-0.3, -0.25) is 9.59 Å². The van der Waals surface area contributed by atoms with Gasteiger partial charge in [0.1, 0.15) is 6.04 Å². The zero-order valence-electron chi connectivity index (χ0n) is 12.3. The molecule has 2 atom stereocenters. The number of nitrogens with zero attached hydrogens (tertiary/aromatic N) is 2. The maximum absolute atomic E-state index is 12.0. The topological polar surface area (TPSA) is 90.0 Å². The number of carbonyl (C=O) groups excluding carboxylic acids is 2. The monoisotopic (exact) mass is 285 g/mol. The van der Waals surface area contributed by atoms with Gasteiger partial charge >= 0.3 is 12.0 Å². The molecule has 0 saturated carbocycles. The van der Waals surface area contributed by atoms with Crippen LogP contribution in [0.3, 0.4) is 0 Å². The molecule has 1 aliphatic rings. The summed E-state index contributed by atoms with van der Waals surface area (Å²) in [4.78, 5) is 37.6. The number of carboxylic acid groups (broad SMARTS) is 1. The lowest BCUT2D eigenvalue weighted by Gasteiger charge is -2.23. The van der Waals surface area contributed by atoms with Crippen molar-refractivity contribution in [1.82, 2.24) is 15.1 Å². The molecule has 1 saturated heterocycles. The van der Waals surface area contributed by atoms with E-state index in [9.17, 15) is 14.4 Å². The predicted octanol–water partition coefficient (Wildman–Crippen LogP) is 0.359.